The lowest BCUT2D eigenvalue weighted by Gasteiger charge is -2.26. The Hall–Kier alpha value is -2.66. The Morgan fingerprint density at radius 1 is 1.33 bits per heavy atom. The largest absolute Gasteiger partial charge is 0.481 e. The highest BCUT2D eigenvalue weighted by atomic mass is 35.5. The molecule has 3 heterocycles. The van der Waals surface area contributed by atoms with Gasteiger partial charge in [-0.15, -0.1) is 11.3 Å². The van der Waals surface area contributed by atoms with E-state index in [9.17, 15) is 22.4 Å². The van der Waals surface area contributed by atoms with E-state index in [1.807, 2.05) is 0 Å². The van der Waals surface area contributed by atoms with Crippen molar-refractivity contribution in [2.24, 2.45) is 0 Å². The Balaban J connectivity index is 1.42. The van der Waals surface area contributed by atoms with Gasteiger partial charge in [0.05, 0.1) is 4.88 Å². The second-order valence-electron chi connectivity index (χ2n) is 6.41. The molecule has 0 unspecified atom stereocenters. The van der Waals surface area contributed by atoms with Crippen LogP contribution in [0.15, 0.2) is 28.8 Å². The Bertz CT molecular complexity index is 1100. The van der Waals surface area contributed by atoms with E-state index < -0.39 is 17.9 Å². The molecule has 1 amide bonds. The van der Waals surface area contributed by atoms with Crippen LogP contribution in [-0.4, -0.2) is 34.1 Å². The maximum atomic E-state index is 13.8. The Labute approximate surface area is 176 Å². The number of halogens is 5. The van der Waals surface area contributed by atoms with Gasteiger partial charge in [-0.2, -0.15) is 18.2 Å². The zero-order chi connectivity index (χ0) is 21.5. The third kappa shape index (κ3) is 4.26. The number of aromatic nitrogens is 2. The van der Waals surface area contributed by atoms with Gasteiger partial charge in [-0.3, -0.25) is 4.79 Å². The van der Waals surface area contributed by atoms with Crippen molar-refractivity contribution < 1.29 is 31.6 Å². The van der Waals surface area contributed by atoms with Crippen molar-refractivity contribution in [3.63, 3.8) is 0 Å². The Morgan fingerprint density at radius 2 is 2.13 bits per heavy atom. The standard InChI is InChI=1S/C18H12ClF4N3O3S/c19-10-1-2-12(11(20)6-10)28-8-15(27)26-4-3-13-9(7-26)5-14(30-13)16-24-17(29-25-16)18(21,22)23/h1-2,5-6H,3-4,7-8H2. The first-order valence-corrected chi connectivity index (χ1v) is 9.78. The summed E-state index contributed by atoms with van der Waals surface area (Å²) < 4.78 is 61.2. The summed E-state index contributed by atoms with van der Waals surface area (Å²) in [5.41, 5.74) is 0.783. The number of ether oxygens (including phenoxy) is 1. The van der Waals surface area contributed by atoms with Crippen LogP contribution in [0, 0.1) is 5.82 Å². The molecule has 1 aliphatic rings. The molecule has 0 bridgehead atoms. The molecule has 0 spiro atoms. The number of rotatable bonds is 4. The van der Waals surface area contributed by atoms with E-state index in [0.29, 0.717) is 17.8 Å². The van der Waals surface area contributed by atoms with Crippen molar-refractivity contribution in [2.75, 3.05) is 13.2 Å². The normalized spacial score (nSPS) is 14.0. The number of hydrogen-bond acceptors (Lipinski definition) is 6. The highest BCUT2D eigenvalue weighted by molar-refractivity contribution is 7.15. The Kier molecular flexibility index (Phi) is 5.41. The number of benzene rings is 1. The molecule has 6 nitrogen and oxygen atoms in total. The first-order valence-electron chi connectivity index (χ1n) is 8.59. The molecule has 0 fully saturated rings. The number of thiophene rings is 1. The molecule has 30 heavy (non-hydrogen) atoms. The molecule has 0 radical (unpaired) electrons. The summed E-state index contributed by atoms with van der Waals surface area (Å²) in [5.74, 6) is -2.66. The van der Waals surface area contributed by atoms with Crippen molar-refractivity contribution >= 4 is 28.8 Å². The maximum Gasteiger partial charge on any atom is 0.471 e. The minimum absolute atomic E-state index is 0.0826. The highest BCUT2D eigenvalue weighted by Gasteiger charge is 2.38. The van der Waals surface area contributed by atoms with E-state index in [1.54, 1.807) is 6.07 Å². The van der Waals surface area contributed by atoms with Crippen LogP contribution in [0.2, 0.25) is 5.02 Å². The lowest BCUT2D eigenvalue weighted by molar-refractivity contribution is -0.159. The van der Waals surface area contributed by atoms with Crippen LogP contribution in [0.1, 0.15) is 16.3 Å². The quantitative estimate of drug-likeness (QED) is 0.532. The number of fused-ring (bicyclic) bond motifs is 1. The summed E-state index contributed by atoms with van der Waals surface area (Å²) >= 11 is 6.93. The summed E-state index contributed by atoms with van der Waals surface area (Å²) in [6.07, 6.45) is -4.19. The van der Waals surface area contributed by atoms with Crippen LogP contribution >= 0.6 is 22.9 Å². The minimum Gasteiger partial charge on any atom is -0.481 e. The predicted octanol–water partition coefficient (Wildman–Crippen LogP) is 4.57. The van der Waals surface area contributed by atoms with Gasteiger partial charge in [-0.25, -0.2) is 4.39 Å². The van der Waals surface area contributed by atoms with Gasteiger partial charge in [0.15, 0.2) is 18.2 Å². The van der Waals surface area contributed by atoms with Crippen molar-refractivity contribution in [3.8, 4) is 16.5 Å². The van der Waals surface area contributed by atoms with E-state index in [2.05, 4.69) is 14.7 Å². The number of carbonyl (C=O) groups excluding carboxylic acids is 1. The average molecular weight is 462 g/mol. The predicted molar refractivity (Wildman–Crippen MR) is 98.6 cm³/mol. The van der Waals surface area contributed by atoms with E-state index in [4.69, 9.17) is 16.3 Å². The fourth-order valence-corrected chi connectivity index (χ4v) is 4.17. The van der Waals surface area contributed by atoms with Crippen molar-refractivity contribution in [1.29, 1.82) is 0 Å². The number of alkyl halides is 3. The third-order valence-corrected chi connectivity index (χ3v) is 5.82. The average Bonchev–Trinajstić information content (AvgIpc) is 3.33. The van der Waals surface area contributed by atoms with Crippen LogP contribution < -0.4 is 4.74 Å². The lowest BCUT2D eigenvalue weighted by Crippen LogP contribution is -2.38. The highest BCUT2D eigenvalue weighted by Crippen LogP contribution is 2.35. The number of carbonyl (C=O) groups is 1. The smallest absolute Gasteiger partial charge is 0.471 e. The van der Waals surface area contributed by atoms with Gasteiger partial charge in [0.25, 0.3) is 5.91 Å². The van der Waals surface area contributed by atoms with Crippen LogP contribution in [-0.2, 0) is 23.9 Å². The molecule has 0 atom stereocenters. The Morgan fingerprint density at radius 3 is 2.83 bits per heavy atom. The first kappa shape index (κ1) is 20.6. The molecule has 1 aliphatic heterocycles. The van der Waals surface area contributed by atoms with Gasteiger partial charge < -0.3 is 14.2 Å². The van der Waals surface area contributed by atoms with Crippen LogP contribution in [0.3, 0.4) is 0 Å². The van der Waals surface area contributed by atoms with Crippen LogP contribution in [0.25, 0.3) is 10.7 Å². The molecule has 0 saturated heterocycles. The minimum atomic E-state index is -4.71. The van der Waals surface area contributed by atoms with Gasteiger partial charge in [-0.05, 0) is 36.2 Å². The SMILES string of the molecule is O=C(COc1ccc(Cl)cc1F)N1CCc2sc(-c3noc(C(F)(F)F)n3)cc2C1. The molecular weight excluding hydrogens is 450 g/mol. The lowest BCUT2D eigenvalue weighted by atomic mass is 10.1. The molecule has 12 heteroatoms. The second kappa shape index (κ2) is 7.88. The van der Waals surface area contributed by atoms with Gasteiger partial charge in [0.2, 0.25) is 5.82 Å². The molecule has 0 N–H and O–H groups in total. The molecule has 3 aromatic rings. The van der Waals surface area contributed by atoms with E-state index in [0.717, 1.165) is 16.5 Å². The third-order valence-electron chi connectivity index (χ3n) is 4.35. The van der Waals surface area contributed by atoms with Gasteiger partial charge in [0, 0.05) is 23.0 Å². The zero-order valence-electron chi connectivity index (χ0n) is 15.0. The summed E-state index contributed by atoms with van der Waals surface area (Å²) in [6.45, 7) is 0.296. The van der Waals surface area contributed by atoms with Gasteiger partial charge in [0.1, 0.15) is 0 Å². The molecular formula is C18H12ClF4N3O3S. The molecule has 0 saturated carbocycles. The fourth-order valence-electron chi connectivity index (χ4n) is 2.92. The van der Waals surface area contributed by atoms with E-state index in [-0.39, 0.29) is 35.7 Å². The maximum absolute atomic E-state index is 13.8. The molecule has 0 aliphatic carbocycles. The summed E-state index contributed by atoms with van der Waals surface area (Å²) in [5, 5.41) is 3.60. The summed E-state index contributed by atoms with van der Waals surface area (Å²) in [4.78, 5) is 18.7. The van der Waals surface area contributed by atoms with Crippen molar-refractivity contribution in [3.05, 3.63) is 51.4 Å². The monoisotopic (exact) mass is 461 g/mol. The topological polar surface area (TPSA) is 68.5 Å². The first-order chi connectivity index (χ1) is 14.2. The van der Waals surface area contributed by atoms with Gasteiger partial charge in [-0.1, -0.05) is 16.8 Å². The zero-order valence-corrected chi connectivity index (χ0v) is 16.6. The summed E-state index contributed by atoms with van der Waals surface area (Å²) in [7, 11) is 0. The molecule has 4 rings (SSSR count). The fraction of sp³-hybridized carbons (Fsp3) is 0.278. The van der Waals surface area contributed by atoms with Crippen molar-refractivity contribution in [2.45, 2.75) is 19.1 Å². The van der Waals surface area contributed by atoms with Crippen molar-refractivity contribution in [1.82, 2.24) is 15.0 Å². The van der Waals surface area contributed by atoms with E-state index in [1.165, 1.54) is 28.4 Å². The number of hydrogen-bond donors (Lipinski definition) is 0. The second-order valence-corrected chi connectivity index (χ2v) is 7.98. The molecule has 158 valence electrons. The van der Waals surface area contributed by atoms with Crippen LogP contribution in [0.4, 0.5) is 17.6 Å². The number of nitrogens with zero attached hydrogens (tertiary/aromatic N) is 3. The molecule has 1 aromatic carbocycles. The van der Waals surface area contributed by atoms with Gasteiger partial charge >= 0.3 is 12.1 Å². The van der Waals surface area contributed by atoms with Crippen LogP contribution in [0.5, 0.6) is 5.75 Å². The molecule has 2 aromatic heterocycles. The summed E-state index contributed by atoms with van der Waals surface area (Å²) in [6, 6.07) is 5.52. The number of amides is 1. The van der Waals surface area contributed by atoms with E-state index >= 15 is 0 Å².